The number of rotatable bonds is 2. The number of non-ortho nitro benzene ring substituents is 1. The summed E-state index contributed by atoms with van der Waals surface area (Å²) in [6.45, 7) is 0. The molecule has 1 aliphatic carbocycles. The van der Waals surface area contributed by atoms with Gasteiger partial charge in [0.05, 0.1) is 16.9 Å². The molecule has 14 heavy (non-hydrogen) atoms. The monoisotopic (exact) mass is 188 g/mol. The molecule has 0 amide bonds. The van der Waals surface area contributed by atoms with Gasteiger partial charge in [0.15, 0.2) is 0 Å². The zero-order valence-corrected chi connectivity index (χ0v) is 7.38. The van der Waals surface area contributed by atoms with Crippen molar-refractivity contribution in [2.75, 3.05) is 0 Å². The highest BCUT2D eigenvalue weighted by Crippen LogP contribution is 2.46. The van der Waals surface area contributed by atoms with Crippen molar-refractivity contribution in [1.29, 1.82) is 5.26 Å². The topological polar surface area (TPSA) is 66.9 Å². The predicted molar refractivity (Wildman–Crippen MR) is 49.6 cm³/mol. The van der Waals surface area contributed by atoms with Crippen molar-refractivity contribution in [2.45, 2.75) is 12.3 Å². The first kappa shape index (κ1) is 8.70. The number of nitriles is 1. The molecule has 1 aromatic rings. The molecule has 4 nitrogen and oxygen atoms in total. The van der Waals surface area contributed by atoms with Gasteiger partial charge in [-0.15, -0.1) is 0 Å². The van der Waals surface area contributed by atoms with Crippen LogP contribution in [0.1, 0.15) is 17.9 Å². The van der Waals surface area contributed by atoms with Crippen molar-refractivity contribution in [3.8, 4) is 6.07 Å². The van der Waals surface area contributed by atoms with E-state index in [0.29, 0.717) is 5.92 Å². The molecule has 1 aliphatic rings. The van der Waals surface area contributed by atoms with Crippen molar-refractivity contribution >= 4 is 5.69 Å². The molecule has 0 aliphatic heterocycles. The lowest BCUT2D eigenvalue weighted by molar-refractivity contribution is -0.384. The van der Waals surface area contributed by atoms with Crippen LogP contribution in [0.4, 0.5) is 5.69 Å². The number of nitrogens with zero attached hydrogens (tertiary/aromatic N) is 2. The molecular weight excluding hydrogens is 180 g/mol. The van der Waals surface area contributed by atoms with Crippen molar-refractivity contribution in [3.05, 3.63) is 39.9 Å². The first-order valence-electron chi connectivity index (χ1n) is 4.36. The van der Waals surface area contributed by atoms with E-state index in [2.05, 4.69) is 6.07 Å². The van der Waals surface area contributed by atoms with Gasteiger partial charge in [0, 0.05) is 18.1 Å². The number of nitro benzene ring substituents is 1. The summed E-state index contributed by atoms with van der Waals surface area (Å²) in [7, 11) is 0. The van der Waals surface area contributed by atoms with Gasteiger partial charge in [0.1, 0.15) is 0 Å². The average molecular weight is 188 g/mol. The highest BCUT2D eigenvalue weighted by atomic mass is 16.6. The van der Waals surface area contributed by atoms with Crippen molar-refractivity contribution in [3.63, 3.8) is 0 Å². The van der Waals surface area contributed by atoms with Crippen LogP contribution in [0.15, 0.2) is 24.3 Å². The quantitative estimate of drug-likeness (QED) is 0.527. The molecule has 70 valence electrons. The van der Waals surface area contributed by atoms with Crippen LogP contribution in [0.3, 0.4) is 0 Å². The van der Waals surface area contributed by atoms with E-state index < -0.39 is 4.92 Å². The van der Waals surface area contributed by atoms with E-state index in [9.17, 15) is 10.1 Å². The summed E-state index contributed by atoms with van der Waals surface area (Å²) in [4.78, 5) is 9.95. The molecule has 1 fully saturated rings. The Morgan fingerprint density at radius 3 is 2.50 bits per heavy atom. The fourth-order valence-electron chi connectivity index (χ4n) is 1.55. The number of hydrogen-bond acceptors (Lipinski definition) is 3. The summed E-state index contributed by atoms with van der Waals surface area (Å²) < 4.78 is 0. The molecule has 0 aromatic heterocycles. The van der Waals surface area contributed by atoms with Crippen LogP contribution in [0.2, 0.25) is 0 Å². The standard InChI is InChI=1S/C10H8N2O2/c11-6-8-5-10(8)7-1-3-9(4-2-7)12(13)14/h1-4,8,10H,5H2/t8-,10-/m0/s1. The third-order valence-corrected chi connectivity index (χ3v) is 2.49. The first-order valence-corrected chi connectivity index (χ1v) is 4.36. The lowest BCUT2D eigenvalue weighted by Gasteiger charge is -1.96. The second-order valence-electron chi connectivity index (χ2n) is 3.43. The lowest BCUT2D eigenvalue weighted by atomic mass is 10.1. The van der Waals surface area contributed by atoms with E-state index in [4.69, 9.17) is 5.26 Å². The maximum atomic E-state index is 10.4. The largest absolute Gasteiger partial charge is 0.269 e. The molecule has 0 unspecified atom stereocenters. The molecule has 4 heteroatoms. The van der Waals surface area contributed by atoms with Gasteiger partial charge in [-0.05, 0) is 12.0 Å². The number of benzene rings is 1. The second-order valence-corrected chi connectivity index (χ2v) is 3.43. The van der Waals surface area contributed by atoms with Crippen LogP contribution in [-0.4, -0.2) is 4.92 Å². The summed E-state index contributed by atoms with van der Waals surface area (Å²) >= 11 is 0. The zero-order valence-electron chi connectivity index (χ0n) is 7.38. The Morgan fingerprint density at radius 2 is 2.07 bits per heavy atom. The Kier molecular flexibility index (Phi) is 1.93. The third-order valence-electron chi connectivity index (χ3n) is 2.49. The molecule has 0 bridgehead atoms. The number of nitro groups is 1. The van der Waals surface area contributed by atoms with E-state index in [1.54, 1.807) is 12.1 Å². The summed E-state index contributed by atoms with van der Waals surface area (Å²) in [6.07, 6.45) is 0.883. The highest BCUT2D eigenvalue weighted by molar-refractivity contribution is 5.37. The van der Waals surface area contributed by atoms with E-state index in [0.717, 1.165) is 12.0 Å². The van der Waals surface area contributed by atoms with Crippen LogP contribution in [0.5, 0.6) is 0 Å². The minimum absolute atomic E-state index is 0.0999. The van der Waals surface area contributed by atoms with Crippen LogP contribution < -0.4 is 0 Å². The normalized spacial score (nSPS) is 23.9. The van der Waals surface area contributed by atoms with Gasteiger partial charge in [-0.2, -0.15) is 5.26 Å². The molecule has 0 radical (unpaired) electrons. The summed E-state index contributed by atoms with van der Waals surface area (Å²) in [6, 6.07) is 8.64. The molecular formula is C10H8N2O2. The minimum Gasteiger partial charge on any atom is -0.258 e. The summed E-state index contributed by atoms with van der Waals surface area (Å²) in [5, 5.41) is 19.0. The van der Waals surface area contributed by atoms with Crippen LogP contribution in [0.25, 0.3) is 0 Å². The Bertz CT molecular complexity index is 405. The molecule has 2 atom stereocenters. The molecule has 1 aromatic carbocycles. The predicted octanol–water partition coefficient (Wildman–Crippen LogP) is 2.22. The van der Waals surface area contributed by atoms with Crippen LogP contribution in [0, 0.1) is 27.4 Å². The molecule has 2 rings (SSSR count). The van der Waals surface area contributed by atoms with E-state index >= 15 is 0 Å². The Morgan fingerprint density at radius 1 is 1.43 bits per heavy atom. The van der Waals surface area contributed by atoms with Gasteiger partial charge in [-0.25, -0.2) is 0 Å². The smallest absolute Gasteiger partial charge is 0.258 e. The Labute approximate surface area is 80.9 Å². The number of hydrogen-bond donors (Lipinski definition) is 0. The van der Waals surface area contributed by atoms with Gasteiger partial charge >= 0.3 is 0 Å². The van der Waals surface area contributed by atoms with Crippen molar-refractivity contribution in [2.24, 2.45) is 5.92 Å². The molecule has 0 spiro atoms. The third kappa shape index (κ3) is 1.44. The van der Waals surface area contributed by atoms with E-state index in [-0.39, 0.29) is 11.6 Å². The molecule has 1 saturated carbocycles. The van der Waals surface area contributed by atoms with Gasteiger partial charge in [0.2, 0.25) is 0 Å². The first-order chi connectivity index (χ1) is 6.72. The van der Waals surface area contributed by atoms with Gasteiger partial charge in [-0.3, -0.25) is 10.1 Å². The van der Waals surface area contributed by atoms with E-state index in [1.807, 2.05) is 0 Å². The fraction of sp³-hybridized carbons (Fsp3) is 0.300. The maximum absolute atomic E-state index is 10.4. The van der Waals surface area contributed by atoms with Crippen LogP contribution >= 0.6 is 0 Å². The summed E-state index contributed by atoms with van der Waals surface area (Å²) in [5.41, 5.74) is 1.13. The van der Waals surface area contributed by atoms with Gasteiger partial charge in [0.25, 0.3) is 5.69 Å². The van der Waals surface area contributed by atoms with Gasteiger partial charge in [-0.1, -0.05) is 12.1 Å². The average Bonchev–Trinajstić information content (AvgIpc) is 2.97. The molecule has 0 N–H and O–H groups in total. The lowest BCUT2D eigenvalue weighted by Crippen LogP contribution is -1.88. The SMILES string of the molecule is N#C[C@@H]1C[C@H]1c1ccc([N+](=O)[O-])cc1. The van der Waals surface area contributed by atoms with Crippen LogP contribution in [-0.2, 0) is 0 Å². The second kappa shape index (κ2) is 3.11. The highest BCUT2D eigenvalue weighted by Gasteiger charge is 2.38. The summed E-state index contributed by atoms with van der Waals surface area (Å²) in [5.74, 6) is 0.400. The maximum Gasteiger partial charge on any atom is 0.269 e. The molecule has 0 heterocycles. The Balaban J connectivity index is 2.16. The van der Waals surface area contributed by atoms with E-state index in [1.165, 1.54) is 12.1 Å². The van der Waals surface area contributed by atoms with Gasteiger partial charge < -0.3 is 0 Å². The molecule has 0 saturated heterocycles. The van der Waals surface area contributed by atoms with Crippen molar-refractivity contribution in [1.82, 2.24) is 0 Å². The minimum atomic E-state index is -0.418. The van der Waals surface area contributed by atoms with Crippen molar-refractivity contribution < 1.29 is 4.92 Å². The fourth-order valence-corrected chi connectivity index (χ4v) is 1.55. The Hall–Kier alpha value is -1.89. The zero-order chi connectivity index (χ0) is 10.1.